The van der Waals surface area contributed by atoms with E-state index in [-0.39, 0.29) is 30.5 Å². The van der Waals surface area contributed by atoms with Crippen LogP contribution in [0.3, 0.4) is 0 Å². The van der Waals surface area contributed by atoms with Crippen LogP contribution >= 0.6 is 6.78 Å². The molecular weight excluding hydrogens is 767 g/mol. The van der Waals surface area contributed by atoms with Crippen LogP contribution in [0, 0.1) is 0 Å². The predicted molar refractivity (Wildman–Crippen MR) is 269 cm³/mol. The van der Waals surface area contributed by atoms with E-state index in [1.165, 1.54) is 5.56 Å². The molecule has 2 rings (SSSR count). The Morgan fingerprint density at radius 2 is 0.698 bits per heavy atom. The standard InChI is InChI=1S/C27H59PSi6.C18H29.Al/c1-29(2,3)25(30(4,5)6)21-19-22(26(31(7,8)9)32(10,11)12)24(28)23(20-21)27(33(13,14)15)34(16,17)18;1-16(2,3)13-10-14(17(4,5)6)12-15(11-13)18(7,8)9;/h19-20,25-27H,1-18H3;10-11H,1-9H3;. The molecule has 8 heteroatoms. The summed E-state index contributed by atoms with van der Waals surface area (Å²) in [7, 11) is -9.44. The molecule has 0 aliphatic rings. The van der Waals surface area contributed by atoms with Crippen LogP contribution in [-0.2, 0) is 16.2 Å². The van der Waals surface area contributed by atoms with Crippen LogP contribution in [-0.4, -0.2) is 62.7 Å². The van der Waals surface area contributed by atoms with Crippen molar-refractivity contribution >= 4 is 79.3 Å². The molecule has 300 valence electrons. The van der Waals surface area contributed by atoms with Gasteiger partial charge in [0, 0.05) is 0 Å². The van der Waals surface area contributed by atoms with E-state index in [1.54, 1.807) is 33.2 Å². The van der Waals surface area contributed by atoms with Gasteiger partial charge in [0.2, 0.25) is 0 Å². The summed E-state index contributed by atoms with van der Waals surface area (Å²) in [6.45, 7) is 72.2. The van der Waals surface area contributed by atoms with Crippen molar-refractivity contribution in [2.24, 2.45) is 0 Å². The van der Waals surface area contributed by atoms with E-state index >= 15 is 0 Å². The first-order chi connectivity index (χ1) is 23.0. The van der Waals surface area contributed by atoms with Crippen molar-refractivity contribution in [2.45, 2.75) is 212 Å². The topological polar surface area (TPSA) is 0 Å². The van der Waals surface area contributed by atoms with Crippen molar-refractivity contribution in [3.8, 4) is 0 Å². The number of hydrogen-bond donors (Lipinski definition) is 0. The first-order valence-corrected chi connectivity index (χ1v) is 45.5. The van der Waals surface area contributed by atoms with Gasteiger partial charge in [0.25, 0.3) is 0 Å². The molecule has 0 aromatic heterocycles. The zero-order valence-electron chi connectivity index (χ0n) is 40.6. The third kappa shape index (κ3) is 12.5. The molecule has 0 atom stereocenters. The second kappa shape index (κ2) is 16.0. The van der Waals surface area contributed by atoms with Gasteiger partial charge in [-0.05, 0) is 0 Å². The molecule has 0 saturated carbocycles. The van der Waals surface area contributed by atoms with Crippen LogP contribution in [0.1, 0.15) is 111 Å². The Morgan fingerprint density at radius 3 is 0.925 bits per heavy atom. The molecule has 0 bridgehead atoms. The molecule has 0 radical (unpaired) electrons. The summed E-state index contributed by atoms with van der Waals surface area (Å²) in [6.07, 6.45) is 0. The molecule has 0 unspecified atom stereocenters. The Bertz CT molecular complexity index is 1500. The van der Waals surface area contributed by atoms with Crippen LogP contribution in [0.25, 0.3) is 0 Å². The third-order valence-electron chi connectivity index (χ3n) is 11.3. The monoisotopic (exact) mass is 855 g/mol. The van der Waals surface area contributed by atoms with E-state index in [0.717, 1.165) is 15.5 Å². The van der Waals surface area contributed by atoms with Gasteiger partial charge < -0.3 is 0 Å². The average Bonchev–Trinajstić information content (AvgIpc) is 2.80. The zero-order chi connectivity index (χ0) is 42.1. The van der Waals surface area contributed by atoms with Gasteiger partial charge in [-0.1, -0.05) is 0 Å². The van der Waals surface area contributed by atoms with Gasteiger partial charge in [-0.15, -0.1) is 0 Å². The van der Waals surface area contributed by atoms with Gasteiger partial charge in [0.05, 0.1) is 0 Å². The van der Waals surface area contributed by atoms with Crippen LogP contribution < -0.4 is 9.73 Å². The molecule has 0 amide bonds. The molecule has 2 aromatic carbocycles. The van der Waals surface area contributed by atoms with Gasteiger partial charge in [-0.25, -0.2) is 0 Å². The van der Waals surface area contributed by atoms with Crippen molar-refractivity contribution in [3.63, 3.8) is 0 Å². The minimum atomic E-state index is -1.60. The fraction of sp³-hybridized carbons (Fsp3) is 0.733. The summed E-state index contributed by atoms with van der Waals surface area (Å²) in [5, 5.41) is 4.02. The Labute approximate surface area is 346 Å². The Kier molecular flexibility index (Phi) is 15.0. The molecule has 0 saturated heterocycles. The summed E-state index contributed by atoms with van der Waals surface area (Å²) >= 11 is 0.0176. The molecule has 0 N–H and O–H groups in total. The molecule has 0 aliphatic carbocycles. The summed E-state index contributed by atoms with van der Waals surface area (Å²) in [6, 6.07) is 11.1. The Hall–Kier alpha value is 0.574. The Balaban J connectivity index is 3.54. The minimum absolute atomic E-state index is 0.0176. The van der Waals surface area contributed by atoms with Crippen molar-refractivity contribution in [3.05, 3.63) is 57.6 Å². The Morgan fingerprint density at radius 1 is 0.415 bits per heavy atom. The van der Waals surface area contributed by atoms with Gasteiger partial charge in [-0.2, -0.15) is 0 Å². The van der Waals surface area contributed by atoms with Gasteiger partial charge >= 0.3 is 349 Å². The summed E-state index contributed by atoms with van der Waals surface area (Å²) in [5.41, 5.74) is 10.4. The van der Waals surface area contributed by atoms with E-state index in [2.05, 4.69) is 204 Å². The van der Waals surface area contributed by atoms with E-state index in [9.17, 15) is 0 Å². The average molecular weight is 856 g/mol. The van der Waals surface area contributed by atoms with E-state index in [4.69, 9.17) is 0 Å². The predicted octanol–water partition coefficient (Wildman–Crippen LogP) is 14.6. The number of benzene rings is 2. The summed E-state index contributed by atoms with van der Waals surface area (Å²) < 4.78 is 1.71. The van der Waals surface area contributed by atoms with Crippen molar-refractivity contribution in [1.29, 1.82) is 0 Å². The number of rotatable bonds is 11. The molecule has 0 spiro atoms. The number of hydrogen-bond acceptors (Lipinski definition) is 0. The molecule has 0 aliphatic heterocycles. The first-order valence-electron chi connectivity index (χ1n) is 20.9. The SMILES string of the molecule is CC(C)(C)c1cc(C(C)(C)C)[c]([Al]=[P]c2c(C([Si](C)(C)C)[Si](C)(C)C)cc(C([Si](C)(C)C)[Si](C)(C)C)cc2C([Si](C)(C)C)[Si](C)(C)C)c(C(C)(C)C)c1. The molecule has 0 nitrogen and oxygen atoms in total. The maximum absolute atomic E-state index is 2.91. The third-order valence-corrected chi connectivity index (χ3v) is 42.9. The maximum atomic E-state index is 2.91. The van der Waals surface area contributed by atoms with Gasteiger partial charge in [0.1, 0.15) is 0 Å². The van der Waals surface area contributed by atoms with E-state index in [1.807, 2.05) is 11.1 Å². The quantitative estimate of drug-likeness (QED) is 0.156. The first kappa shape index (κ1) is 49.7. The normalized spacial score (nSPS) is 15.0. The van der Waals surface area contributed by atoms with E-state index < -0.39 is 48.4 Å². The fourth-order valence-electron chi connectivity index (χ4n) is 10.8. The molecule has 2 aromatic rings. The van der Waals surface area contributed by atoms with Crippen LogP contribution in [0.15, 0.2) is 24.3 Å². The molecular formula is C45H88AlPSi6. The van der Waals surface area contributed by atoms with Crippen molar-refractivity contribution in [2.75, 3.05) is 0 Å². The fourth-order valence-corrected chi connectivity index (χ4v) is 54.2. The molecule has 53 heavy (non-hydrogen) atoms. The summed E-state index contributed by atoms with van der Waals surface area (Å²) in [4.78, 5) is 0. The van der Waals surface area contributed by atoms with Crippen LogP contribution in [0.4, 0.5) is 0 Å². The van der Waals surface area contributed by atoms with Gasteiger partial charge in [0.15, 0.2) is 0 Å². The summed E-state index contributed by atoms with van der Waals surface area (Å²) in [5.74, 6) is 0. The molecule has 0 heterocycles. The second-order valence-corrected chi connectivity index (χ2v) is 63.2. The van der Waals surface area contributed by atoms with Crippen LogP contribution in [0.5, 0.6) is 0 Å². The van der Waals surface area contributed by atoms with E-state index in [0.29, 0.717) is 0 Å². The van der Waals surface area contributed by atoms with Crippen LogP contribution in [0.2, 0.25) is 118 Å². The van der Waals surface area contributed by atoms with Crippen molar-refractivity contribution < 1.29 is 0 Å². The zero-order valence-corrected chi connectivity index (χ0v) is 48.6. The van der Waals surface area contributed by atoms with Gasteiger partial charge in [-0.3, -0.25) is 0 Å². The van der Waals surface area contributed by atoms with Crippen molar-refractivity contribution in [1.82, 2.24) is 0 Å². The second-order valence-electron chi connectivity index (χ2n) is 26.5. The molecule has 0 fully saturated rings.